The summed E-state index contributed by atoms with van der Waals surface area (Å²) in [5.41, 5.74) is 8.76. The van der Waals surface area contributed by atoms with E-state index in [1.54, 1.807) is 7.11 Å². The standard InChI is InChI=1S/C24H26NO/c1-17-15-21(25(3)4)16-18(2)23(17)24(19-9-7-6-8-10-19)20-11-13-22(26-5)14-12-20/h6-16H,1-5H3/q+1. The van der Waals surface area contributed by atoms with Crippen LogP contribution in [-0.2, 0) is 0 Å². The molecule has 0 unspecified atom stereocenters. The van der Waals surface area contributed by atoms with Gasteiger partial charge < -0.3 is 4.74 Å². The van der Waals surface area contributed by atoms with Crippen LogP contribution in [0.4, 0.5) is 0 Å². The zero-order valence-electron chi connectivity index (χ0n) is 16.2. The maximum Gasteiger partial charge on any atom is 0.199 e. The Morgan fingerprint density at radius 2 is 1.31 bits per heavy atom. The van der Waals surface area contributed by atoms with Crippen LogP contribution in [0.5, 0.6) is 5.75 Å². The maximum absolute atomic E-state index is 5.34. The number of nitrogens with zero attached hydrogens (tertiary/aromatic N) is 1. The van der Waals surface area contributed by atoms with Gasteiger partial charge in [0, 0.05) is 12.2 Å². The number of ether oxygens (including phenoxy) is 1. The fourth-order valence-corrected chi connectivity index (χ4v) is 3.41. The van der Waals surface area contributed by atoms with Gasteiger partial charge >= 0.3 is 0 Å². The molecule has 0 bridgehead atoms. The van der Waals surface area contributed by atoms with Crippen molar-refractivity contribution in [3.63, 3.8) is 0 Å². The fraction of sp³-hybridized carbons (Fsp3) is 0.208. The molecule has 0 saturated carbocycles. The molecule has 1 aliphatic carbocycles. The zero-order valence-corrected chi connectivity index (χ0v) is 16.2. The van der Waals surface area contributed by atoms with E-state index < -0.39 is 0 Å². The van der Waals surface area contributed by atoms with Crippen LogP contribution >= 0.6 is 0 Å². The van der Waals surface area contributed by atoms with Crippen LogP contribution in [0.2, 0.25) is 0 Å². The largest absolute Gasteiger partial charge is 0.497 e. The van der Waals surface area contributed by atoms with Crippen molar-refractivity contribution in [2.24, 2.45) is 0 Å². The molecule has 0 atom stereocenters. The Labute approximate surface area is 156 Å². The van der Waals surface area contributed by atoms with Gasteiger partial charge in [0.25, 0.3) is 0 Å². The van der Waals surface area contributed by atoms with Crippen LogP contribution in [0.1, 0.15) is 25.0 Å². The number of benzene rings is 2. The van der Waals surface area contributed by atoms with Gasteiger partial charge in [-0.1, -0.05) is 42.5 Å². The number of hydrogen-bond acceptors (Lipinski definition) is 1. The van der Waals surface area contributed by atoms with E-state index in [9.17, 15) is 0 Å². The van der Waals surface area contributed by atoms with Crippen molar-refractivity contribution in [3.05, 3.63) is 94.6 Å². The first-order valence-electron chi connectivity index (χ1n) is 8.87. The highest BCUT2D eigenvalue weighted by molar-refractivity contribution is 6.06. The van der Waals surface area contributed by atoms with E-state index in [0.29, 0.717) is 0 Å². The van der Waals surface area contributed by atoms with Crippen molar-refractivity contribution >= 4 is 11.3 Å². The molecule has 0 fully saturated rings. The van der Waals surface area contributed by atoms with Gasteiger partial charge in [-0.15, -0.1) is 0 Å². The SMILES string of the molecule is COc1ccc(C(=C2C(C)=CC(=[N+](C)C)C=C2C)c2ccccc2)cc1. The second kappa shape index (κ2) is 7.57. The van der Waals surface area contributed by atoms with Crippen LogP contribution in [0, 0.1) is 0 Å². The minimum Gasteiger partial charge on any atom is -0.497 e. The highest BCUT2D eigenvalue weighted by atomic mass is 16.5. The van der Waals surface area contributed by atoms with Crippen LogP contribution in [0.15, 0.2) is 83.5 Å². The predicted molar refractivity (Wildman–Crippen MR) is 110 cm³/mol. The first kappa shape index (κ1) is 17.9. The molecule has 0 N–H and O–H groups in total. The summed E-state index contributed by atoms with van der Waals surface area (Å²) in [4.78, 5) is 0. The molecule has 0 amide bonds. The van der Waals surface area contributed by atoms with Gasteiger partial charge in [0.05, 0.1) is 7.11 Å². The minimum absolute atomic E-state index is 0.873. The Hall–Kier alpha value is -2.87. The van der Waals surface area contributed by atoms with Gasteiger partial charge in [0.1, 0.15) is 19.8 Å². The normalized spacial score (nSPS) is 13.9. The third-order valence-corrected chi connectivity index (χ3v) is 4.73. The maximum atomic E-state index is 5.34. The van der Waals surface area contributed by atoms with Crippen molar-refractivity contribution < 1.29 is 9.31 Å². The minimum atomic E-state index is 0.873. The topological polar surface area (TPSA) is 12.2 Å². The van der Waals surface area contributed by atoms with E-state index >= 15 is 0 Å². The van der Waals surface area contributed by atoms with E-state index in [1.807, 2.05) is 12.1 Å². The lowest BCUT2D eigenvalue weighted by atomic mass is 9.83. The van der Waals surface area contributed by atoms with E-state index in [0.717, 1.165) is 5.75 Å². The third kappa shape index (κ3) is 3.55. The molecule has 0 saturated heterocycles. The summed E-state index contributed by atoms with van der Waals surface area (Å²) in [6, 6.07) is 18.9. The first-order chi connectivity index (χ1) is 12.5. The van der Waals surface area contributed by atoms with E-state index in [1.165, 1.54) is 39.1 Å². The molecule has 2 aromatic rings. The van der Waals surface area contributed by atoms with Crippen molar-refractivity contribution in [2.75, 3.05) is 21.2 Å². The molecule has 0 spiro atoms. The lowest BCUT2D eigenvalue weighted by molar-refractivity contribution is -0.462. The Balaban J connectivity index is 2.27. The number of rotatable bonds is 3. The third-order valence-electron chi connectivity index (χ3n) is 4.73. The highest BCUT2D eigenvalue weighted by Crippen LogP contribution is 2.36. The summed E-state index contributed by atoms with van der Waals surface area (Å²) < 4.78 is 7.49. The molecule has 0 heterocycles. The fourth-order valence-electron chi connectivity index (χ4n) is 3.41. The van der Waals surface area contributed by atoms with Crippen molar-refractivity contribution in [1.82, 2.24) is 0 Å². The summed E-state index contributed by atoms with van der Waals surface area (Å²) in [6.07, 6.45) is 4.52. The second-order valence-electron chi connectivity index (χ2n) is 6.82. The number of hydrogen-bond donors (Lipinski definition) is 0. The molecule has 2 aromatic carbocycles. The molecule has 2 heteroatoms. The summed E-state index contributed by atoms with van der Waals surface area (Å²) in [5, 5.41) is 0. The lowest BCUT2D eigenvalue weighted by Crippen LogP contribution is -2.14. The molecule has 132 valence electrons. The molecule has 0 aromatic heterocycles. The van der Waals surface area contributed by atoms with Crippen LogP contribution in [-0.4, -0.2) is 31.5 Å². The molecule has 0 radical (unpaired) electrons. The van der Waals surface area contributed by atoms with E-state index in [2.05, 4.69) is 87.1 Å². The summed E-state index contributed by atoms with van der Waals surface area (Å²) in [6.45, 7) is 4.39. The molecule has 2 nitrogen and oxygen atoms in total. The van der Waals surface area contributed by atoms with Gasteiger partial charge in [-0.3, -0.25) is 0 Å². The molecule has 3 rings (SSSR count). The van der Waals surface area contributed by atoms with E-state index in [4.69, 9.17) is 4.74 Å². The van der Waals surface area contributed by atoms with Gasteiger partial charge in [-0.2, -0.15) is 0 Å². The Bertz CT molecular complexity index is 898. The lowest BCUT2D eigenvalue weighted by Gasteiger charge is -2.21. The van der Waals surface area contributed by atoms with Gasteiger partial charge in [-0.05, 0) is 59.4 Å². The second-order valence-corrected chi connectivity index (χ2v) is 6.82. The van der Waals surface area contributed by atoms with Gasteiger partial charge in [0.15, 0.2) is 5.71 Å². The van der Waals surface area contributed by atoms with Crippen molar-refractivity contribution in [3.8, 4) is 5.75 Å². The van der Waals surface area contributed by atoms with Crippen LogP contribution in [0.3, 0.4) is 0 Å². The molecule has 0 aliphatic heterocycles. The van der Waals surface area contributed by atoms with E-state index in [-0.39, 0.29) is 0 Å². The number of methoxy groups -OCH3 is 1. The average Bonchev–Trinajstić information content (AvgIpc) is 2.65. The zero-order chi connectivity index (χ0) is 18.7. The van der Waals surface area contributed by atoms with Crippen LogP contribution in [0.25, 0.3) is 5.57 Å². The first-order valence-corrected chi connectivity index (χ1v) is 8.87. The molecular formula is C24H26NO+. The quantitative estimate of drug-likeness (QED) is 0.704. The summed E-state index contributed by atoms with van der Waals surface area (Å²) in [5.74, 6) is 0.873. The monoisotopic (exact) mass is 344 g/mol. The van der Waals surface area contributed by atoms with Crippen LogP contribution < -0.4 is 4.74 Å². The van der Waals surface area contributed by atoms with Crippen molar-refractivity contribution in [1.29, 1.82) is 0 Å². The Morgan fingerprint density at radius 1 is 0.769 bits per heavy atom. The molecule has 1 aliphatic rings. The number of allylic oxidation sites excluding steroid dienone is 5. The van der Waals surface area contributed by atoms with Gasteiger partial charge in [0.2, 0.25) is 0 Å². The molecule has 26 heavy (non-hydrogen) atoms. The molecular weight excluding hydrogens is 318 g/mol. The smallest absolute Gasteiger partial charge is 0.199 e. The highest BCUT2D eigenvalue weighted by Gasteiger charge is 2.20. The Kier molecular flexibility index (Phi) is 5.22. The summed E-state index contributed by atoms with van der Waals surface area (Å²) in [7, 11) is 5.86. The van der Waals surface area contributed by atoms with Gasteiger partial charge in [-0.25, -0.2) is 4.58 Å². The predicted octanol–water partition coefficient (Wildman–Crippen LogP) is 5.12. The average molecular weight is 344 g/mol. The Morgan fingerprint density at radius 3 is 1.81 bits per heavy atom. The summed E-state index contributed by atoms with van der Waals surface area (Å²) >= 11 is 0. The van der Waals surface area contributed by atoms with Crippen molar-refractivity contribution in [2.45, 2.75) is 13.8 Å².